The van der Waals surface area contributed by atoms with Gasteiger partial charge >= 0.3 is 0 Å². The maximum atomic E-state index is 10.9. The number of nitrogens with zero attached hydrogens (tertiary/aromatic N) is 5. The number of nitro groups is 1. The Hall–Kier alpha value is -2.82. The van der Waals surface area contributed by atoms with Crippen LogP contribution in [0.1, 0.15) is 52.9 Å². The summed E-state index contributed by atoms with van der Waals surface area (Å²) in [5, 5.41) is 12.7. The van der Waals surface area contributed by atoms with Crippen molar-refractivity contribution < 1.29 is 14.5 Å². The van der Waals surface area contributed by atoms with Crippen LogP contribution in [0.2, 0.25) is 0 Å². The number of allylic oxidation sites excluding steroid dienone is 2. The first-order valence-corrected chi connectivity index (χ1v) is 12.4. The molecule has 0 bridgehead atoms. The molecule has 0 saturated carbocycles. The summed E-state index contributed by atoms with van der Waals surface area (Å²) in [6.45, 7) is 27.4. The standard InChI is InChI=1S/C15H19N5O2S.C5H10O2.C3H6.C2H6/c1-11(12(2)20(21)22)14-10-23-15-16-13(9-19(14)15)8-18-6-4-17(3)5-7-18;1-5(2,3)7-4-6;1-3-2;1-2/h9-10H,1-2,4-8H2,3H3;4H,1-3H3;3H,1H2,2H3;1-2H3. The minimum atomic E-state index is -0.506. The maximum Gasteiger partial charge on any atom is 0.293 e. The largest absolute Gasteiger partial charge is 0.462 e. The van der Waals surface area contributed by atoms with Crippen LogP contribution in [0.4, 0.5) is 0 Å². The first-order valence-electron chi connectivity index (χ1n) is 11.5. The number of hydrogen-bond acceptors (Lipinski definition) is 8. The smallest absolute Gasteiger partial charge is 0.293 e. The molecule has 1 aliphatic heterocycles. The number of hydrogen-bond donors (Lipinski definition) is 0. The van der Waals surface area contributed by atoms with Crippen molar-refractivity contribution in [1.29, 1.82) is 0 Å². The van der Waals surface area contributed by atoms with Crippen LogP contribution in [0.3, 0.4) is 0 Å². The summed E-state index contributed by atoms with van der Waals surface area (Å²) in [6, 6.07) is 0. The average molecular weight is 508 g/mol. The maximum absolute atomic E-state index is 10.9. The molecule has 1 saturated heterocycles. The number of thiazole rings is 1. The highest BCUT2D eigenvalue weighted by atomic mass is 32.1. The van der Waals surface area contributed by atoms with Crippen LogP contribution >= 0.6 is 11.3 Å². The lowest BCUT2D eigenvalue weighted by molar-refractivity contribution is -0.416. The molecule has 1 fully saturated rings. The molecule has 196 valence electrons. The Labute approximate surface area is 213 Å². The van der Waals surface area contributed by atoms with Gasteiger partial charge in [0.25, 0.3) is 12.2 Å². The molecule has 0 N–H and O–H groups in total. The van der Waals surface area contributed by atoms with Crippen LogP contribution in [0.25, 0.3) is 10.5 Å². The van der Waals surface area contributed by atoms with E-state index in [9.17, 15) is 14.9 Å². The molecular formula is C25H41N5O4S. The Kier molecular flexibility index (Phi) is 14.7. The van der Waals surface area contributed by atoms with Crippen LogP contribution in [-0.2, 0) is 16.1 Å². The van der Waals surface area contributed by atoms with Crippen LogP contribution in [0.15, 0.2) is 43.1 Å². The number of rotatable bonds is 6. The number of aromatic nitrogens is 2. The molecular weight excluding hydrogens is 466 g/mol. The van der Waals surface area contributed by atoms with E-state index in [0.29, 0.717) is 17.7 Å². The summed E-state index contributed by atoms with van der Waals surface area (Å²) in [5.41, 5.74) is 1.48. The summed E-state index contributed by atoms with van der Waals surface area (Å²) in [4.78, 5) is 30.1. The van der Waals surface area contributed by atoms with E-state index < -0.39 is 4.92 Å². The molecule has 0 atom stereocenters. The lowest BCUT2D eigenvalue weighted by Gasteiger charge is -2.31. The van der Waals surface area contributed by atoms with E-state index in [4.69, 9.17) is 0 Å². The zero-order valence-corrected chi connectivity index (χ0v) is 23.1. The van der Waals surface area contributed by atoms with Crippen LogP contribution in [0, 0.1) is 10.1 Å². The first-order chi connectivity index (χ1) is 16.4. The molecule has 2 aromatic rings. The highest BCUT2D eigenvalue weighted by Crippen LogP contribution is 2.26. The highest BCUT2D eigenvalue weighted by molar-refractivity contribution is 7.15. The van der Waals surface area contributed by atoms with Crippen molar-refractivity contribution >= 4 is 28.3 Å². The number of imidazole rings is 1. The minimum absolute atomic E-state index is 0.181. The summed E-state index contributed by atoms with van der Waals surface area (Å²) in [7, 11) is 2.13. The van der Waals surface area contributed by atoms with Gasteiger partial charge in [-0.1, -0.05) is 26.5 Å². The second kappa shape index (κ2) is 16.0. The quantitative estimate of drug-likeness (QED) is 0.176. The predicted octanol–water partition coefficient (Wildman–Crippen LogP) is 5.12. The van der Waals surface area contributed by atoms with Gasteiger partial charge in [-0.2, -0.15) is 0 Å². The molecule has 1 aliphatic rings. The molecule has 0 unspecified atom stereocenters. The summed E-state index contributed by atoms with van der Waals surface area (Å²) >= 11 is 1.46. The fourth-order valence-electron chi connectivity index (χ4n) is 2.76. The lowest BCUT2D eigenvalue weighted by atomic mass is 10.2. The normalized spacial score (nSPS) is 13.7. The second-order valence-electron chi connectivity index (χ2n) is 8.50. The van der Waals surface area contributed by atoms with Crippen molar-refractivity contribution in [3.05, 3.63) is 64.6 Å². The molecule has 3 rings (SSSR count). The average Bonchev–Trinajstić information content (AvgIpc) is 3.36. The Morgan fingerprint density at radius 2 is 1.80 bits per heavy atom. The summed E-state index contributed by atoms with van der Waals surface area (Å²) in [5.74, 6) is 0. The third-order valence-corrected chi connectivity index (χ3v) is 5.36. The Balaban J connectivity index is 0.000000813. The monoisotopic (exact) mass is 507 g/mol. The zero-order valence-electron chi connectivity index (χ0n) is 22.2. The van der Waals surface area contributed by atoms with E-state index in [1.165, 1.54) is 11.3 Å². The molecule has 35 heavy (non-hydrogen) atoms. The SMILES string of the molecule is C=C(C(=C)[N+](=O)[O-])c1csc2nc(CN3CCN(C)CC3)cn12.C=CC.CC.CC(C)(C)OC=O. The van der Waals surface area contributed by atoms with Crippen molar-refractivity contribution in [3.63, 3.8) is 0 Å². The second-order valence-corrected chi connectivity index (χ2v) is 9.34. The fourth-order valence-corrected chi connectivity index (χ4v) is 3.67. The Morgan fingerprint density at radius 1 is 1.26 bits per heavy atom. The van der Waals surface area contributed by atoms with E-state index in [1.807, 2.05) is 57.5 Å². The van der Waals surface area contributed by atoms with Gasteiger partial charge < -0.3 is 9.64 Å². The highest BCUT2D eigenvalue weighted by Gasteiger charge is 2.20. The predicted molar refractivity (Wildman–Crippen MR) is 145 cm³/mol. The summed E-state index contributed by atoms with van der Waals surface area (Å²) < 4.78 is 6.42. The van der Waals surface area contributed by atoms with Gasteiger partial charge in [-0.05, 0) is 41.3 Å². The molecule has 0 aromatic carbocycles. The molecule has 10 heteroatoms. The van der Waals surface area contributed by atoms with Crippen molar-refractivity contribution in [2.45, 2.75) is 53.7 Å². The number of ether oxygens (including phenoxy) is 1. The van der Waals surface area contributed by atoms with Gasteiger partial charge in [0.1, 0.15) is 5.60 Å². The topological polar surface area (TPSA) is 93.2 Å². The molecule has 2 aromatic heterocycles. The Bertz CT molecular complexity index is 966. The van der Waals surface area contributed by atoms with Crippen molar-refractivity contribution in [1.82, 2.24) is 19.2 Å². The van der Waals surface area contributed by atoms with E-state index in [1.54, 1.807) is 6.08 Å². The fraction of sp³-hybridized carbons (Fsp3) is 0.520. The van der Waals surface area contributed by atoms with Gasteiger partial charge in [0.05, 0.1) is 21.9 Å². The zero-order chi connectivity index (χ0) is 27.2. The van der Waals surface area contributed by atoms with Gasteiger partial charge in [-0.25, -0.2) is 4.98 Å². The van der Waals surface area contributed by atoms with Gasteiger partial charge in [0.15, 0.2) is 4.96 Å². The number of fused-ring (bicyclic) bond motifs is 1. The van der Waals surface area contributed by atoms with Crippen LogP contribution in [0.5, 0.6) is 0 Å². The van der Waals surface area contributed by atoms with Gasteiger partial charge in [0.2, 0.25) is 0 Å². The van der Waals surface area contributed by atoms with Crippen molar-refractivity contribution in [2.24, 2.45) is 0 Å². The van der Waals surface area contributed by atoms with Crippen molar-refractivity contribution in [2.75, 3.05) is 33.2 Å². The molecule has 3 heterocycles. The molecule has 0 amide bonds. The molecule has 0 aliphatic carbocycles. The van der Waals surface area contributed by atoms with Gasteiger partial charge in [-0.15, -0.1) is 17.9 Å². The van der Waals surface area contributed by atoms with Crippen molar-refractivity contribution in [3.8, 4) is 0 Å². The Morgan fingerprint density at radius 3 is 2.23 bits per heavy atom. The van der Waals surface area contributed by atoms with Gasteiger partial charge in [-0.3, -0.25) is 24.2 Å². The first kappa shape index (κ1) is 32.2. The van der Waals surface area contributed by atoms with Gasteiger partial charge in [0, 0.05) is 44.3 Å². The third-order valence-electron chi connectivity index (χ3n) is 4.52. The minimum Gasteiger partial charge on any atom is -0.462 e. The number of carbonyl (C=O) groups is 1. The molecule has 0 radical (unpaired) electrons. The number of carbonyl (C=O) groups excluding carboxylic acids is 1. The summed E-state index contributed by atoms with van der Waals surface area (Å²) in [6.07, 6.45) is 3.69. The number of piperazine rings is 1. The molecule has 0 spiro atoms. The van der Waals surface area contributed by atoms with E-state index in [-0.39, 0.29) is 11.3 Å². The van der Waals surface area contributed by atoms with E-state index in [0.717, 1.165) is 43.4 Å². The van der Waals surface area contributed by atoms with Crippen LogP contribution in [-0.4, -0.2) is 69.4 Å². The lowest BCUT2D eigenvalue weighted by Crippen LogP contribution is -2.43. The van der Waals surface area contributed by atoms with E-state index in [2.05, 4.69) is 46.3 Å². The third kappa shape index (κ3) is 11.4. The number of likely N-dealkylation sites (N-methyl/N-ethyl adjacent to an activating group) is 1. The molecule has 9 nitrogen and oxygen atoms in total. The van der Waals surface area contributed by atoms with Crippen LogP contribution < -0.4 is 0 Å². The van der Waals surface area contributed by atoms with E-state index >= 15 is 0 Å².